The number of carboxylic acids is 1. The minimum atomic E-state index is -1.02. The van der Waals surface area contributed by atoms with Crippen molar-refractivity contribution in [1.82, 2.24) is 41.4 Å². The van der Waals surface area contributed by atoms with Gasteiger partial charge in [0.15, 0.2) is 0 Å². The predicted molar refractivity (Wildman–Crippen MR) is 323 cm³/mol. The Morgan fingerprint density at radius 2 is 1.64 bits per heavy atom. The number of likely N-dealkylation sites (N-methyl/N-ethyl adjacent to an activating group) is 1. The van der Waals surface area contributed by atoms with Crippen molar-refractivity contribution >= 4 is 76.1 Å². The molecular formula is C59H97N9O13S2. The number of nitrogens with one attached hydrogen (secondary N) is 6. The average Bonchev–Trinajstić information content (AvgIpc) is 4.23. The molecule has 3 rings (SSSR count). The molecular weight excluding hydrogens is 1110 g/mol. The second-order valence-electron chi connectivity index (χ2n) is 22.1. The molecule has 0 aliphatic carbocycles. The molecule has 0 bridgehead atoms. The highest BCUT2D eigenvalue weighted by Crippen LogP contribution is 2.32. The van der Waals surface area contributed by atoms with Crippen molar-refractivity contribution in [2.45, 2.75) is 182 Å². The first-order chi connectivity index (χ1) is 39.7. The van der Waals surface area contributed by atoms with Crippen molar-refractivity contribution in [1.29, 1.82) is 0 Å². The minimum absolute atomic E-state index is 0.00242. The van der Waals surface area contributed by atoms with E-state index in [-0.39, 0.29) is 116 Å². The number of likely N-dealkylation sites (tertiary alicyclic amines) is 1. The molecule has 1 aliphatic rings. The van der Waals surface area contributed by atoms with Crippen LogP contribution in [-0.4, -0.2) is 174 Å². The third-order valence-corrected chi connectivity index (χ3v) is 16.3. The van der Waals surface area contributed by atoms with Crippen LogP contribution < -0.4 is 31.9 Å². The van der Waals surface area contributed by atoms with Gasteiger partial charge in [-0.05, 0) is 120 Å². The molecule has 22 nitrogen and oxygen atoms in total. The highest BCUT2D eigenvalue weighted by atomic mass is 32.2. The maximum Gasteiger partial charge on any atom is 0.306 e. The smallest absolute Gasteiger partial charge is 0.306 e. The molecule has 4 unspecified atom stereocenters. The van der Waals surface area contributed by atoms with Gasteiger partial charge >= 0.3 is 5.97 Å². The number of aromatic nitrogens is 1. The number of carboxylic acid groups (broad SMARTS) is 1. The molecule has 8 atom stereocenters. The maximum atomic E-state index is 14.8. The topological polar surface area (TPSA) is 296 Å². The zero-order chi connectivity index (χ0) is 61.4. The highest BCUT2D eigenvalue weighted by Gasteiger charge is 2.38. The first kappa shape index (κ1) is 72.0. The Balaban J connectivity index is 1.71. The molecule has 83 heavy (non-hydrogen) atoms. The number of amides is 7. The molecule has 8 N–H and O–H groups in total. The molecule has 7 amide bonds. The zero-order valence-electron chi connectivity index (χ0n) is 50.8. The lowest BCUT2D eigenvalue weighted by atomic mass is 9.92. The third-order valence-electron chi connectivity index (χ3n) is 14.8. The quantitative estimate of drug-likeness (QED) is 0.0200. The van der Waals surface area contributed by atoms with E-state index in [4.69, 9.17) is 19.7 Å². The van der Waals surface area contributed by atoms with E-state index in [2.05, 4.69) is 55.5 Å². The van der Waals surface area contributed by atoms with E-state index in [1.807, 2.05) is 58.7 Å². The number of ether oxygens (including phenoxy) is 2. The predicted octanol–water partition coefficient (Wildman–Crippen LogP) is 6.52. The Kier molecular flexibility index (Phi) is 34.2. The van der Waals surface area contributed by atoms with Crippen molar-refractivity contribution in [3.8, 4) is 0 Å². The van der Waals surface area contributed by atoms with Crippen molar-refractivity contribution in [3.05, 3.63) is 45.4 Å². The number of hydrogen-bond donors (Lipinski definition) is 8. The molecule has 2 heterocycles. The monoisotopic (exact) mass is 1200 g/mol. The first-order valence-electron chi connectivity index (χ1n) is 29.7. The number of thiazole rings is 1. The number of rotatable bonds is 41. The van der Waals surface area contributed by atoms with Crippen LogP contribution >= 0.6 is 23.1 Å². The van der Waals surface area contributed by atoms with Gasteiger partial charge in [0, 0.05) is 62.2 Å². The average molecular weight is 1200 g/mol. The number of anilines is 1. The van der Waals surface area contributed by atoms with Crippen molar-refractivity contribution in [2.75, 3.05) is 77.0 Å². The Bertz CT molecular complexity index is 2340. The lowest BCUT2D eigenvalue weighted by molar-refractivity contribution is -0.248. The van der Waals surface area contributed by atoms with Gasteiger partial charge in [-0.25, -0.2) is 9.87 Å². The van der Waals surface area contributed by atoms with Gasteiger partial charge in [-0.3, -0.25) is 48.5 Å². The van der Waals surface area contributed by atoms with Gasteiger partial charge in [0.25, 0.3) is 5.91 Å². The summed E-state index contributed by atoms with van der Waals surface area (Å²) in [5.41, 5.74) is 2.21. The first-order valence-corrected chi connectivity index (χ1v) is 31.9. The van der Waals surface area contributed by atoms with Crippen LogP contribution in [0.1, 0.15) is 165 Å². The maximum absolute atomic E-state index is 14.8. The number of benzene rings is 1. The summed E-state index contributed by atoms with van der Waals surface area (Å²) in [6, 6.07) is 2.78. The Morgan fingerprint density at radius 1 is 0.892 bits per heavy atom. The van der Waals surface area contributed by atoms with E-state index in [1.54, 1.807) is 24.6 Å². The molecule has 1 fully saturated rings. The normalized spacial score (nSPS) is 16.1. The number of aryl methyl sites for hydroxylation is 1. The van der Waals surface area contributed by atoms with E-state index >= 15 is 0 Å². The van der Waals surface area contributed by atoms with Crippen molar-refractivity contribution in [2.24, 2.45) is 17.8 Å². The van der Waals surface area contributed by atoms with Crippen LogP contribution in [0.3, 0.4) is 0 Å². The van der Waals surface area contributed by atoms with Crippen LogP contribution in [0.5, 0.6) is 0 Å². The van der Waals surface area contributed by atoms with E-state index in [1.165, 1.54) is 23.1 Å². The molecule has 1 aromatic carbocycles. The van der Waals surface area contributed by atoms with Crippen LogP contribution in [0.25, 0.3) is 0 Å². The fourth-order valence-electron chi connectivity index (χ4n) is 9.86. The summed E-state index contributed by atoms with van der Waals surface area (Å²) in [6.07, 6.45) is 8.63. The van der Waals surface area contributed by atoms with Crippen LogP contribution in [0.15, 0.2) is 23.6 Å². The Morgan fingerprint density at radius 3 is 2.30 bits per heavy atom. The van der Waals surface area contributed by atoms with E-state index in [0.717, 1.165) is 43.4 Å². The number of carbonyl (C=O) groups excluding carboxylic acids is 7. The lowest BCUT2D eigenvalue weighted by Crippen LogP contribution is -2.58. The minimum Gasteiger partial charge on any atom is -0.481 e. The molecule has 0 saturated carbocycles. The van der Waals surface area contributed by atoms with Gasteiger partial charge in [0.05, 0.1) is 24.3 Å². The Hall–Kier alpha value is -5.24. The fraction of sp³-hybridized carbons (Fsp3) is 0.712. The molecule has 0 spiro atoms. The van der Waals surface area contributed by atoms with E-state index in [9.17, 15) is 43.5 Å². The summed E-state index contributed by atoms with van der Waals surface area (Å²) in [4.78, 5) is 119. The summed E-state index contributed by atoms with van der Waals surface area (Å²) in [5, 5.41) is 38.1. The van der Waals surface area contributed by atoms with Gasteiger partial charge in [0.1, 0.15) is 42.1 Å². The second-order valence-corrected chi connectivity index (χ2v) is 23.9. The van der Waals surface area contributed by atoms with Crippen LogP contribution in [0.4, 0.5) is 5.69 Å². The van der Waals surface area contributed by atoms with Crippen LogP contribution in [-0.2, 0) is 54.3 Å². The standard InChI is InChI=1S/C59H97N9O13S2/c1-11-26-68(58(75)53(39(6)13-3)66-56(74)47-20-15-17-27-67(47)9)48(38(4)5)34-49(80-28-12-2)57-65-46(36-83-57)55(73)62-43(31-41(8)59(76)77)32-42-23-22-40(7)45(33-42)64-50(69)21-18-25-61-54(72)44(63-52(71)37-82-10)19-14-16-24-60-51(70)35-79-29-30-81-78/h22-23,33,36,38-39,41,43-44,47-49,53,78H,11-21,24-32,34-35,37H2,1-10H3,(H,60,70)(H,61,72)(H,62,73)(H,63,71)(H,64,69)(H,66,74)(H,76,77)/t39?,41?,43-,44?,47?,48-,49-,53+/m1/s1. The van der Waals surface area contributed by atoms with Crippen LogP contribution in [0.2, 0.25) is 0 Å². The molecule has 24 heteroatoms. The third kappa shape index (κ3) is 25.9. The summed E-state index contributed by atoms with van der Waals surface area (Å²) >= 11 is 2.61. The SMILES string of the molecule is CCCO[C@H](C[C@H](C(C)C)N(CCC)C(=O)[C@@H](NC(=O)C1CCCCN1C)C(C)CC)c1nc(C(=O)N[C@@H](Cc2ccc(C)c(NC(=O)CCCNC(=O)C(CCCCNC(=O)COCCOO)NC(=O)CSC)c2)CC(C)C(=O)O)cs1. The number of aliphatic carboxylic acids is 1. The fourth-order valence-corrected chi connectivity index (χ4v) is 11.1. The highest BCUT2D eigenvalue weighted by molar-refractivity contribution is 7.99. The number of carbonyl (C=O) groups is 8. The van der Waals surface area contributed by atoms with Crippen molar-refractivity contribution < 1.29 is 63.1 Å². The number of nitrogens with zero attached hydrogens (tertiary/aromatic N) is 3. The molecule has 468 valence electrons. The summed E-state index contributed by atoms with van der Waals surface area (Å²) in [5.74, 6) is -3.78. The van der Waals surface area contributed by atoms with Crippen molar-refractivity contribution in [3.63, 3.8) is 0 Å². The number of piperidine rings is 1. The lowest BCUT2D eigenvalue weighted by Gasteiger charge is -2.40. The molecule has 1 saturated heterocycles. The van der Waals surface area contributed by atoms with Gasteiger partial charge in [-0.1, -0.05) is 73.4 Å². The number of thioether (sulfide) groups is 1. The molecule has 0 radical (unpaired) electrons. The summed E-state index contributed by atoms with van der Waals surface area (Å²) in [7, 11) is 1.96. The van der Waals surface area contributed by atoms with E-state index in [0.29, 0.717) is 75.3 Å². The van der Waals surface area contributed by atoms with Gasteiger partial charge in [-0.2, -0.15) is 11.8 Å². The summed E-state index contributed by atoms with van der Waals surface area (Å²) < 4.78 is 11.6. The zero-order valence-corrected chi connectivity index (χ0v) is 52.4. The molecule has 1 aliphatic heterocycles. The second kappa shape index (κ2) is 39.4. The largest absolute Gasteiger partial charge is 0.481 e. The number of hydrogen-bond acceptors (Lipinski definition) is 16. The molecule has 1 aromatic heterocycles. The molecule has 2 aromatic rings. The number of unbranched alkanes of at least 4 members (excludes halogenated alkanes) is 1. The van der Waals surface area contributed by atoms with Crippen LogP contribution in [0, 0.1) is 24.7 Å². The van der Waals surface area contributed by atoms with Gasteiger partial charge in [0.2, 0.25) is 35.4 Å². The van der Waals surface area contributed by atoms with E-state index < -0.39 is 42.0 Å². The van der Waals surface area contributed by atoms with Gasteiger partial charge < -0.3 is 51.4 Å². The Labute approximate surface area is 500 Å². The van der Waals surface area contributed by atoms with Gasteiger partial charge in [-0.15, -0.1) is 11.3 Å². The summed E-state index contributed by atoms with van der Waals surface area (Å²) in [6.45, 7) is 17.7.